The molecule has 0 spiro atoms. The lowest BCUT2D eigenvalue weighted by Crippen LogP contribution is -2.39. The van der Waals surface area contributed by atoms with Crippen LogP contribution in [0.1, 0.15) is 30.7 Å². The number of hydrogen-bond acceptors (Lipinski definition) is 5. The summed E-state index contributed by atoms with van der Waals surface area (Å²) in [6, 6.07) is 2.27. The largest absolute Gasteiger partial charge is 0.376 e. The maximum absolute atomic E-state index is 6.10. The summed E-state index contributed by atoms with van der Waals surface area (Å²) in [6.45, 7) is 10.6. The fourth-order valence-electron chi connectivity index (χ4n) is 4.04. The van der Waals surface area contributed by atoms with Crippen LogP contribution in [0.25, 0.3) is 0 Å². The molecule has 23 heavy (non-hydrogen) atoms. The normalized spacial score (nSPS) is 27.0. The van der Waals surface area contributed by atoms with Gasteiger partial charge in [-0.3, -0.25) is 9.58 Å². The Kier molecular flexibility index (Phi) is 4.94. The minimum absolute atomic E-state index is 0.356. The topological polar surface area (TPSA) is 45.6 Å². The predicted molar refractivity (Wildman–Crippen MR) is 89.2 cm³/mol. The minimum atomic E-state index is 0.356. The summed E-state index contributed by atoms with van der Waals surface area (Å²) in [7, 11) is 0. The first-order valence-corrected chi connectivity index (χ1v) is 9.19. The van der Waals surface area contributed by atoms with E-state index in [-0.39, 0.29) is 0 Å². The van der Waals surface area contributed by atoms with Crippen LogP contribution in [0.4, 0.5) is 0 Å². The molecule has 1 aromatic heterocycles. The van der Waals surface area contributed by atoms with Crippen LogP contribution >= 0.6 is 0 Å². The molecule has 1 unspecified atom stereocenters. The van der Waals surface area contributed by atoms with Crippen molar-refractivity contribution < 1.29 is 4.74 Å². The van der Waals surface area contributed by atoms with Crippen LogP contribution in [0.3, 0.4) is 0 Å². The summed E-state index contributed by atoms with van der Waals surface area (Å²) >= 11 is 0. The number of ether oxygens (including phenoxy) is 1. The zero-order valence-electron chi connectivity index (χ0n) is 14.0. The van der Waals surface area contributed by atoms with E-state index in [1.54, 1.807) is 0 Å². The number of likely N-dealkylation sites (tertiary alicyclic amines) is 1. The Morgan fingerprint density at radius 2 is 2.00 bits per heavy atom. The van der Waals surface area contributed by atoms with E-state index in [9.17, 15) is 0 Å². The van der Waals surface area contributed by atoms with E-state index >= 15 is 0 Å². The third-order valence-corrected chi connectivity index (χ3v) is 5.20. The SMILES string of the molecule is c1c(CN2CCCOC(CN3CCCC3)C2)nn2c1CNCC2. The van der Waals surface area contributed by atoms with E-state index in [0.29, 0.717) is 6.10 Å². The Bertz CT molecular complexity index is 488. The number of nitrogens with zero attached hydrogens (tertiary/aromatic N) is 4. The van der Waals surface area contributed by atoms with E-state index in [1.165, 1.54) is 37.3 Å². The van der Waals surface area contributed by atoms with Crippen LogP contribution < -0.4 is 5.32 Å². The van der Waals surface area contributed by atoms with Gasteiger partial charge >= 0.3 is 0 Å². The fraction of sp³-hybridized carbons (Fsp3) is 0.824. The van der Waals surface area contributed by atoms with E-state index in [0.717, 1.165) is 58.8 Å². The van der Waals surface area contributed by atoms with Gasteiger partial charge in [0.1, 0.15) is 0 Å². The van der Waals surface area contributed by atoms with Crippen molar-refractivity contribution in [1.82, 2.24) is 24.9 Å². The molecule has 128 valence electrons. The molecule has 3 aliphatic rings. The van der Waals surface area contributed by atoms with Crippen LogP contribution in [0.2, 0.25) is 0 Å². The van der Waals surface area contributed by atoms with Crippen LogP contribution in [0.5, 0.6) is 0 Å². The van der Waals surface area contributed by atoms with Gasteiger partial charge in [0.05, 0.1) is 24.0 Å². The van der Waals surface area contributed by atoms with Crippen molar-refractivity contribution in [2.45, 2.75) is 45.0 Å². The maximum atomic E-state index is 6.10. The smallest absolute Gasteiger partial charge is 0.0828 e. The molecular formula is C17H29N5O. The van der Waals surface area contributed by atoms with Gasteiger partial charge in [-0.15, -0.1) is 0 Å². The Balaban J connectivity index is 1.36. The summed E-state index contributed by atoms with van der Waals surface area (Å²) in [4.78, 5) is 5.10. The zero-order chi connectivity index (χ0) is 15.5. The first-order valence-electron chi connectivity index (χ1n) is 9.19. The van der Waals surface area contributed by atoms with Gasteiger partial charge in [0.15, 0.2) is 0 Å². The first kappa shape index (κ1) is 15.6. The van der Waals surface area contributed by atoms with Gasteiger partial charge in [0.25, 0.3) is 0 Å². The van der Waals surface area contributed by atoms with Gasteiger partial charge in [-0.2, -0.15) is 5.10 Å². The highest BCUT2D eigenvalue weighted by molar-refractivity contribution is 5.11. The van der Waals surface area contributed by atoms with E-state index in [1.807, 2.05) is 0 Å². The molecule has 0 radical (unpaired) electrons. The molecule has 0 aliphatic carbocycles. The van der Waals surface area contributed by atoms with Crippen LogP contribution in [-0.4, -0.2) is 71.6 Å². The Morgan fingerprint density at radius 3 is 2.87 bits per heavy atom. The monoisotopic (exact) mass is 319 g/mol. The van der Waals surface area contributed by atoms with Gasteiger partial charge in [-0.05, 0) is 38.4 Å². The van der Waals surface area contributed by atoms with Crippen molar-refractivity contribution in [3.8, 4) is 0 Å². The summed E-state index contributed by atoms with van der Waals surface area (Å²) in [6.07, 6.45) is 4.19. The second-order valence-corrected chi connectivity index (χ2v) is 7.12. The highest BCUT2D eigenvalue weighted by Crippen LogP contribution is 2.15. The van der Waals surface area contributed by atoms with E-state index in [4.69, 9.17) is 9.84 Å². The van der Waals surface area contributed by atoms with Crippen molar-refractivity contribution in [3.05, 3.63) is 17.5 Å². The molecule has 2 fully saturated rings. The summed E-state index contributed by atoms with van der Waals surface area (Å²) in [5.41, 5.74) is 2.54. The average Bonchev–Trinajstić information content (AvgIpc) is 3.14. The molecule has 1 atom stereocenters. The van der Waals surface area contributed by atoms with Crippen LogP contribution in [0, 0.1) is 0 Å². The van der Waals surface area contributed by atoms with Crippen molar-refractivity contribution >= 4 is 0 Å². The van der Waals surface area contributed by atoms with Gasteiger partial charge in [-0.1, -0.05) is 0 Å². The molecule has 4 heterocycles. The molecule has 1 N–H and O–H groups in total. The van der Waals surface area contributed by atoms with Crippen LogP contribution in [0.15, 0.2) is 6.07 Å². The zero-order valence-corrected chi connectivity index (χ0v) is 14.0. The Morgan fingerprint density at radius 1 is 1.13 bits per heavy atom. The van der Waals surface area contributed by atoms with Crippen molar-refractivity contribution in [1.29, 1.82) is 0 Å². The summed E-state index contributed by atoms with van der Waals surface area (Å²) in [5.74, 6) is 0. The number of aromatic nitrogens is 2. The standard InChI is InChI=1S/C17H29N5O/c1-2-6-20(5-1)13-17-14-21(7-3-9-23-17)12-15-10-16-11-18-4-8-22(16)19-15/h10,17-18H,1-9,11-14H2. The lowest BCUT2D eigenvalue weighted by molar-refractivity contribution is 0.0306. The third-order valence-electron chi connectivity index (χ3n) is 5.20. The van der Waals surface area contributed by atoms with Gasteiger partial charge in [-0.25, -0.2) is 0 Å². The fourth-order valence-corrected chi connectivity index (χ4v) is 4.04. The van der Waals surface area contributed by atoms with Gasteiger partial charge in [0.2, 0.25) is 0 Å². The molecule has 0 saturated carbocycles. The summed E-state index contributed by atoms with van der Waals surface area (Å²) in [5, 5.41) is 8.20. The quantitative estimate of drug-likeness (QED) is 0.884. The highest BCUT2D eigenvalue weighted by Gasteiger charge is 2.23. The van der Waals surface area contributed by atoms with Crippen molar-refractivity contribution in [2.75, 3.05) is 45.9 Å². The van der Waals surface area contributed by atoms with E-state index < -0.39 is 0 Å². The third kappa shape index (κ3) is 3.94. The molecule has 0 bridgehead atoms. The van der Waals surface area contributed by atoms with Gasteiger partial charge in [0, 0.05) is 45.9 Å². The Labute approximate surface area is 138 Å². The lowest BCUT2D eigenvalue weighted by atomic mass is 10.2. The van der Waals surface area contributed by atoms with E-state index in [2.05, 4.69) is 25.9 Å². The highest BCUT2D eigenvalue weighted by atomic mass is 16.5. The van der Waals surface area contributed by atoms with Crippen molar-refractivity contribution in [2.24, 2.45) is 0 Å². The second kappa shape index (κ2) is 7.30. The molecule has 4 rings (SSSR count). The molecule has 1 aromatic rings. The Hall–Kier alpha value is -0.950. The number of nitrogens with one attached hydrogen (secondary N) is 1. The predicted octanol–water partition coefficient (Wildman–Crippen LogP) is 0.673. The number of fused-ring (bicyclic) bond motifs is 1. The molecule has 6 nitrogen and oxygen atoms in total. The second-order valence-electron chi connectivity index (χ2n) is 7.12. The molecule has 0 aromatic carbocycles. The average molecular weight is 319 g/mol. The lowest BCUT2D eigenvalue weighted by Gasteiger charge is -2.26. The maximum Gasteiger partial charge on any atom is 0.0828 e. The number of rotatable bonds is 4. The van der Waals surface area contributed by atoms with Crippen molar-refractivity contribution in [3.63, 3.8) is 0 Å². The molecule has 0 amide bonds. The first-order chi connectivity index (χ1) is 11.4. The summed E-state index contributed by atoms with van der Waals surface area (Å²) < 4.78 is 8.26. The minimum Gasteiger partial charge on any atom is -0.376 e. The molecule has 2 saturated heterocycles. The molecule has 3 aliphatic heterocycles. The number of hydrogen-bond donors (Lipinski definition) is 1. The molecule has 6 heteroatoms. The van der Waals surface area contributed by atoms with Gasteiger partial charge < -0.3 is 15.0 Å². The molecular weight excluding hydrogens is 290 g/mol. The van der Waals surface area contributed by atoms with Crippen LogP contribution in [-0.2, 0) is 24.4 Å².